The van der Waals surface area contributed by atoms with Gasteiger partial charge in [0.1, 0.15) is 0 Å². The second-order valence-electron chi connectivity index (χ2n) is 4.51. The highest BCUT2D eigenvalue weighted by Crippen LogP contribution is 2.25. The molecule has 0 aliphatic carbocycles. The van der Waals surface area contributed by atoms with Crippen LogP contribution in [0.25, 0.3) is 22.6 Å². The van der Waals surface area contributed by atoms with Crippen LogP contribution in [0, 0.1) is 0 Å². The first-order valence-corrected chi connectivity index (χ1v) is 5.92. The molecule has 0 amide bonds. The van der Waals surface area contributed by atoms with E-state index < -0.39 is 0 Å². The number of aryl methyl sites for hydroxylation is 1. The van der Waals surface area contributed by atoms with Crippen molar-refractivity contribution in [2.24, 2.45) is 12.8 Å². The quantitative estimate of drug-likeness (QED) is 0.750. The molecule has 0 saturated heterocycles. The maximum atomic E-state index is 5.89. The van der Waals surface area contributed by atoms with E-state index in [1.54, 1.807) is 6.26 Å². The van der Waals surface area contributed by atoms with Gasteiger partial charge in [0, 0.05) is 13.1 Å². The summed E-state index contributed by atoms with van der Waals surface area (Å²) < 4.78 is 7.43. The molecule has 0 bridgehead atoms. The van der Waals surface area contributed by atoms with E-state index in [9.17, 15) is 0 Å². The van der Waals surface area contributed by atoms with Crippen LogP contribution in [0.2, 0.25) is 0 Å². The Balaban J connectivity index is 2.21. The number of imidazole rings is 1. The highest BCUT2D eigenvalue weighted by molar-refractivity contribution is 5.80. The van der Waals surface area contributed by atoms with Crippen molar-refractivity contribution in [3.63, 3.8) is 0 Å². The van der Waals surface area contributed by atoms with Crippen molar-refractivity contribution in [2.45, 2.75) is 13.0 Å². The Bertz CT molecular complexity index is 680. The zero-order valence-electron chi connectivity index (χ0n) is 10.4. The van der Waals surface area contributed by atoms with Crippen LogP contribution in [0.5, 0.6) is 0 Å². The van der Waals surface area contributed by atoms with E-state index in [1.807, 2.05) is 48.9 Å². The first kappa shape index (κ1) is 11.0. The topological polar surface area (TPSA) is 57.0 Å². The average Bonchev–Trinajstić information content (AvgIpc) is 2.97. The van der Waals surface area contributed by atoms with Crippen molar-refractivity contribution in [3.8, 4) is 11.6 Å². The van der Waals surface area contributed by atoms with E-state index in [1.165, 1.54) is 0 Å². The Morgan fingerprint density at radius 1 is 1.33 bits per heavy atom. The maximum Gasteiger partial charge on any atom is 0.176 e. The minimum atomic E-state index is 0.0171. The predicted molar refractivity (Wildman–Crippen MR) is 71.0 cm³/mol. The Kier molecular flexibility index (Phi) is 2.45. The molecule has 2 aromatic heterocycles. The third kappa shape index (κ3) is 1.62. The van der Waals surface area contributed by atoms with E-state index in [0.717, 1.165) is 28.2 Å². The minimum absolute atomic E-state index is 0.0171. The Labute approximate surface area is 105 Å². The van der Waals surface area contributed by atoms with Crippen LogP contribution >= 0.6 is 0 Å². The third-order valence-electron chi connectivity index (χ3n) is 3.17. The molecule has 0 saturated carbocycles. The number of aromatic nitrogens is 2. The number of fused-ring (bicyclic) bond motifs is 1. The molecule has 0 spiro atoms. The van der Waals surface area contributed by atoms with E-state index >= 15 is 0 Å². The molecule has 1 atom stereocenters. The molecule has 2 N–H and O–H groups in total. The molecule has 0 aliphatic heterocycles. The summed E-state index contributed by atoms with van der Waals surface area (Å²) in [6.07, 6.45) is 1.65. The lowest BCUT2D eigenvalue weighted by Crippen LogP contribution is -2.04. The Hall–Kier alpha value is -2.07. The van der Waals surface area contributed by atoms with Gasteiger partial charge in [0.15, 0.2) is 11.6 Å². The summed E-state index contributed by atoms with van der Waals surface area (Å²) in [7, 11) is 1.98. The molecule has 92 valence electrons. The SMILES string of the molecule is CC(N)c1ccc2c(c1)nc(-c1ccco1)n2C. The van der Waals surface area contributed by atoms with Crippen LogP contribution in [0.3, 0.4) is 0 Å². The molecule has 1 aromatic carbocycles. The monoisotopic (exact) mass is 241 g/mol. The van der Waals surface area contributed by atoms with Gasteiger partial charge < -0.3 is 14.7 Å². The van der Waals surface area contributed by atoms with Crippen molar-refractivity contribution in [2.75, 3.05) is 0 Å². The van der Waals surface area contributed by atoms with Crippen LogP contribution in [0.4, 0.5) is 0 Å². The van der Waals surface area contributed by atoms with Crippen LogP contribution in [-0.2, 0) is 7.05 Å². The predicted octanol–water partition coefficient (Wildman–Crippen LogP) is 2.85. The van der Waals surface area contributed by atoms with Gasteiger partial charge in [0.2, 0.25) is 0 Å². The fraction of sp³-hybridized carbons (Fsp3) is 0.214. The molecular formula is C14H15N3O. The smallest absolute Gasteiger partial charge is 0.176 e. The number of furan rings is 1. The van der Waals surface area contributed by atoms with Crippen LogP contribution in [0.1, 0.15) is 18.5 Å². The Morgan fingerprint density at radius 3 is 2.83 bits per heavy atom. The van der Waals surface area contributed by atoms with E-state index in [2.05, 4.69) is 4.98 Å². The number of nitrogens with two attached hydrogens (primary N) is 1. The van der Waals surface area contributed by atoms with Crippen LogP contribution < -0.4 is 5.73 Å². The molecule has 18 heavy (non-hydrogen) atoms. The van der Waals surface area contributed by atoms with E-state index in [4.69, 9.17) is 10.2 Å². The molecular weight excluding hydrogens is 226 g/mol. The molecule has 1 unspecified atom stereocenters. The third-order valence-corrected chi connectivity index (χ3v) is 3.17. The van der Waals surface area contributed by atoms with Crippen molar-refractivity contribution >= 4 is 11.0 Å². The van der Waals surface area contributed by atoms with Crippen molar-refractivity contribution in [1.82, 2.24) is 9.55 Å². The average molecular weight is 241 g/mol. The number of hydrogen-bond acceptors (Lipinski definition) is 3. The van der Waals surface area contributed by atoms with E-state index in [-0.39, 0.29) is 6.04 Å². The number of benzene rings is 1. The van der Waals surface area contributed by atoms with Gasteiger partial charge in [-0.3, -0.25) is 0 Å². The molecule has 4 heteroatoms. The maximum absolute atomic E-state index is 5.89. The summed E-state index contributed by atoms with van der Waals surface area (Å²) >= 11 is 0. The van der Waals surface area contributed by atoms with Crippen molar-refractivity contribution in [1.29, 1.82) is 0 Å². The number of rotatable bonds is 2. The van der Waals surface area contributed by atoms with Crippen molar-refractivity contribution < 1.29 is 4.42 Å². The molecule has 3 aromatic rings. The Morgan fingerprint density at radius 2 is 2.17 bits per heavy atom. The lowest BCUT2D eigenvalue weighted by Gasteiger charge is -2.04. The highest BCUT2D eigenvalue weighted by atomic mass is 16.3. The van der Waals surface area contributed by atoms with Crippen molar-refractivity contribution in [3.05, 3.63) is 42.2 Å². The molecule has 0 radical (unpaired) electrons. The molecule has 0 fully saturated rings. The van der Waals surface area contributed by atoms with Gasteiger partial charge >= 0.3 is 0 Å². The minimum Gasteiger partial charge on any atom is -0.461 e. The van der Waals surface area contributed by atoms with Crippen LogP contribution in [-0.4, -0.2) is 9.55 Å². The first-order chi connectivity index (χ1) is 8.66. The van der Waals surface area contributed by atoms with Gasteiger partial charge in [-0.25, -0.2) is 4.98 Å². The molecule has 2 heterocycles. The van der Waals surface area contributed by atoms with Gasteiger partial charge in [-0.05, 0) is 36.8 Å². The lowest BCUT2D eigenvalue weighted by atomic mass is 10.1. The summed E-state index contributed by atoms with van der Waals surface area (Å²) in [5.41, 5.74) is 9.00. The van der Waals surface area contributed by atoms with Gasteiger partial charge in [0.05, 0.1) is 17.3 Å². The summed E-state index contributed by atoms with van der Waals surface area (Å²) in [4.78, 5) is 4.61. The summed E-state index contributed by atoms with van der Waals surface area (Å²) in [6, 6.07) is 9.92. The number of nitrogens with zero attached hydrogens (tertiary/aromatic N) is 2. The zero-order valence-corrected chi connectivity index (χ0v) is 10.4. The summed E-state index contributed by atoms with van der Waals surface area (Å²) in [5, 5.41) is 0. The largest absolute Gasteiger partial charge is 0.461 e. The first-order valence-electron chi connectivity index (χ1n) is 5.92. The zero-order chi connectivity index (χ0) is 12.7. The van der Waals surface area contributed by atoms with Gasteiger partial charge in [0.25, 0.3) is 0 Å². The second kappa shape index (κ2) is 3.99. The summed E-state index contributed by atoms with van der Waals surface area (Å²) in [5.74, 6) is 1.60. The molecule has 0 aliphatic rings. The van der Waals surface area contributed by atoms with Crippen LogP contribution in [0.15, 0.2) is 41.0 Å². The molecule has 3 rings (SSSR count). The van der Waals surface area contributed by atoms with Gasteiger partial charge in [-0.2, -0.15) is 0 Å². The van der Waals surface area contributed by atoms with E-state index in [0.29, 0.717) is 0 Å². The standard InChI is InChI=1S/C14H15N3O/c1-9(15)10-5-6-12-11(8-10)16-14(17(12)2)13-4-3-7-18-13/h3-9H,15H2,1-2H3. The number of hydrogen-bond donors (Lipinski definition) is 1. The summed E-state index contributed by atoms with van der Waals surface area (Å²) in [6.45, 7) is 1.97. The lowest BCUT2D eigenvalue weighted by molar-refractivity contribution is 0.574. The van der Waals surface area contributed by atoms with Gasteiger partial charge in [-0.1, -0.05) is 6.07 Å². The fourth-order valence-electron chi connectivity index (χ4n) is 2.13. The highest BCUT2D eigenvalue weighted by Gasteiger charge is 2.12. The van der Waals surface area contributed by atoms with Gasteiger partial charge in [-0.15, -0.1) is 0 Å². The normalized spacial score (nSPS) is 13.1. The molecule has 4 nitrogen and oxygen atoms in total. The fourth-order valence-corrected chi connectivity index (χ4v) is 2.13. The second-order valence-corrected chi connectivity index (χ2v) is 4.51.